The molecule has 3 aromatic rings. The molecule has 5 nitrogen and oxygen atoms in total. The molecule has 0 unspecified atom stereocenters. The Bertz CT molecular complexity index is 1060. The summed E-state index contributed by atoms with van der Waals surface area (Å²) in [5.74, 6) is 1.81. The Labute approximate surface area is 171 Å². The second kappa shape index (κ2) is 7.65. The highest BCUT2D eigenvalue weighted by Gasteiger charge is 2.41. The molecule has 29 heavy (non-hydrogen) atoms. The fourth-order valence-corrected chi connectivity index (χ4v) is 4.65. The van der Waals surface area contributed by atoms with E-state index >= 15 is 0 Å². The van der Waals surface area contributed by atoms with Gasteiger partial charge in [0.25, 0.3) is 0 Å². The smallest absolute Gasteiger partial charge is 0.223 e. The summed E-state index contributed by atoms with van der Waals surface area (Å²) < 4.78 is 0. The Hall–Kier alpha value is -3.23. The summed E-state index contributed by atoms with van der Waals surface area (Å²) in [7, 11) is 0. The van der Waals surface area contributed by atoms with E-state index in [1.807, 2.05) is 42.6 Å². The third kappa shape index (κ3) is 3.72. The van der Waals surface area contributed by atoms with Gasteiger partial charge in [-0.05, 0) is 41.2 Å². The quantitative estimate of drug-likeness (QED) is 0.729. The zero-order valence-corrected chi connectivity index (χ0v) is 16.3. The molecular formula is C24H23N5. The molecule has 2 atom stereocenters. The second-order valence-electron chi connectivity index (χ2n) is 8.02. The Morgan fingerprint density at radius 3 is 2.79 bits per heavy atom. The number of nitrogens with zero attached hydrogens (tertiary/aromatic N) is 4. The van der Waals surface area contributed by atoms with Gasteiger partial charge in [-0.3, -0.25) is 4.90 Å². The van der Waals surface area contributed by atoms with Gasteiger partial charge >= 0.3 is 0 Å². The maximum atomic E-state index is 9.12. The van der Waals surface area contributed by atoms with Crippen molar-refractivity contribution in [1.29, 1.82) is 5.26 Å². The first-order valence-corrected chi connectivity index (χ1v) is 10.1. The molecule has 144 valence electrons. The molecule has 1 N–H and O–H groups in total. The highest BCUT2D eigenvalue weighted by atomic mass is 15.2. The standard InChI is InChI=1S/C24H23N5/c25-11-18-7-4-8-19(9-18)14-29-15-21-10-20-13-27-24(28-23(20)22(21)16-29)26-12-17-5-2-1-3-6-17/h1-9,13,21-22H,10,12,14-16H2,(H,26,27,28)/t21-,22-/m0/s1. The van der Waals surface area contributed by atoms with Crippen LogP contribution in [0.1, 0.15) is 33.9 Å². The van der Waals surface area contributed by atoms with Gasteiger partial charge in [0.2, 0.25) is 5.95 Å². The first-order valence-electron chi connectivity index (χ1n) is 10.1. The van der Waals surface area contributed by atoms with Crippen LogP contribution in [0.25, 0.3) is 0 Å². The van der Waals surface area contributed by atoms with Gasteiger partial charge in [0.15, 0.2) is 0 Å². The van der Waals surface area contributed by atoms with Crippen LogP contribution in [-0.4, -0.2) is 28.0 Å². The minimum Gasteiger partial charge on any atom is -0.350 e. The van der Waals surface area contributed by atoms with Crippen LogP contribution in [0.3, 0.4) is 0 Å². The van der Waals surface area contributed by atoms with Crippen LogP contribution in [0.4, 0.5) is 5.95 Å². The number of nitriles is 1. The molecule has 5 heteroatoms. The van der Waals surface area contributed by atoms with Crippen molar-refractivity contribution in [3.8, 4) is 6.07 Å². The molecule has 1 saturated heterocycles. The molecule has 2 aliphatic rings. The molecule has 1 fully saturated rings. The van der Waals surface area contributed by atoms with Crippen LogP contribution < -0.4 is 5.32 Å². The van der Waals surface area contributed by atoms with Crippen molar-refractivity contribution in [3.63, 3.8) is 0 Å². The zero-order valence-electron chi connectivity index (χ0n) is 16.3. The first-order chi connectivity index (χ1) is 14.3. The van der Waals surface area contributed by atoms with Gasteiger partial charge in [0.1, 0.15) is 0 Å². The van der Waals surface area contributed by atoms with E-state index in [9.17, 15) is 0 Å². The van der Waals surface area contributed by atoms with Crippen LogP contribution in [0.2, 0.25) is 0 Å². The van der Waals surface area contributed by atoms with Crippen molar-refractivity contribution < 1.29 is 0 Å². The molecule has 2 aromatic carbocycles. The summed E-state index contributed by atoms with van der Waals surface area (Å²) in [5.41, 5.74) is 5.68. The monoisotopic (exact) mass is 381 g/mol. The van der Waals surface area contributed by atoms with Crippen molar-refractivity contribution in [2.24, 2.45) is 5.92 Å². The van der Waals surface area contributed by atoms with E-state index in [1.165, 1.54) is 22.4 Å². The van der Waals surface area contributed by atoms with E-state index in [1.54, 1.807) is 0 Å². The number of rotatable bonds is 5. The fraction of sp³-hybridized carbons (Fsp3) is 0.292. The van der Waals surface area contributed by atoms with Gasteiger partial charge < -0.3 is 5.32 Å². The first kappa shape index (κ1) is 17.8. The van der Waals surface area contributed by atoms with Crippen LogP contribution in [0.15, 0.2) is 60.8 Å². The van der Waals surface area contributed by atoms with Gasteiger partial charge in [-0.1, -0.05) is 42.5 Å². The van der Waals surface area contributed by atoms with E-state index in [-0.39, 0.29) is 0 Å². The lowest BCUT2D eigenvalue weighted by atomic mass is 9.99. The number of benzene rings is 2. The normalized spacial score (nSPS) is 20.1. The number of aromatic nitrogens is 2. The molecule has 0 saturated carbocycles. The largest absolute Gasteiger partial charge is 0.350 e. The van der Waals surface area contributed by atoms with E-state index in [2.05, 4.69) is 39.5 Å². The Morgan fingerprint density at radius 2 is 1.93 bits per heavy atom. The Balaban J connectivity index is 1.27. The minimum atomic E-state index is 0.476. The van der Waals surface area contributed by atoms with Crippen molar-refractivity contribution >= 4 is 5.95 Å². The number of fused-ring (bicyclic) bond motifs is 3. The summed E-state index contributed by atoms with van der Waals surface area (Å²) >= 11 is 0. The van der Waals surface area contributed by atoms with Crippen molar-refractivity contribution in [2.75, 3.05) is 18.4 Å². The predicted octanol–water partition coefficient (Wildman–Crippen LogP) is 3.73. The van der Waals surface area contributed by atoms with E-state index in [0.29, 0.717) is 17.8 Å². The SMILES string of the molecule is N#Cc1cccc(CN2C[C@@H]3Cc4cnc(NCc5ccccc5)nc4[C@H]3C2)c1. The molecule has 0 bridgehead atoms. The molecule has 2 heterocycles. The number of likely N-dealkylation sites (tertiary alicyclic amines) is 1. The Morgan fingerprint density at radius 1 is 1.07 bits per heavy atom. The van der Waals surface area contributed by atoms with Crippen LogP contribution in [0, 0.1) is 17.2 Å². The van der Waals surface area contributed by atoms with E-state index < -0.39 is 0 Å². The molecule has 5 rings (SSSR count). The molecular weight excluding hydrogens is 358 g/mol. The zero-order chi connectivity index (χ0) is 19.6. The summed E-state index contributed by atoms with van der Waals surface area (Å²) in [6.07, 6.45) is 3.07. The maximum absolute atomic E-state index is 9.12. The third-order valence-corrected chi connectivity index (χ3v) is 6.00. The van der Waals surface area contributed by atoms with Crippen LogP contribution >= 0.6 is 0 Å². The van der Waals surface area contributed by atoms with Gasteiger partial charge in [0.05, 0.1) is 17.3 Å². The lowest BCUT2D eigenvalue weighted by molar-refractivity contribution is 0.313. The van der Waals surface area contributed by atoms with Crippen LogP contribution in [0.5, 0.6) is 0 Å². The number of hydrogen-bond acceptors (Lipinski definition) is 5. The lowest BCUT2D eigenvalue weighted by Crippen LogP contribution is -2.21. The van der Waals surface area contributed by atoms with Gasteiger partial charge in [-0.25, -0.2) is 9.97 Å². The van der Waals surface area contributed by atoms with Gasteiger partial charge in [0, 0.05) is 38.3 Å². The average Bonchev–Trinajstić information content (AvgIpc) is 3.30. The summed E-state index contributed by atoms with van der Waals surface area (Å²) in [5, 5.41) is 12.5. The maximum Gasteiger partial charge on any atom is 0.223 e. The highest BCUT2D eigenvalue weighted by molar-refractivity contribution is 5.38. The van der Waals surface area contributed by atoms with E-state index in [4.69, 9.17) is 10.2 Å². The molecule has 0 radical (unpaired) electrons. The Kier molecular flexibility index (Phi) is 4.71. The molecule has 1 aliphatic carbocycles. The molecule has 0 amide bonds. The molecule has 0 spiro atoms. The third-order valence-electron chi connectivity index (χ3n) is 6.00. The van der Waals surface area contributed by atoms with Crippen molar-refractivity contribution in [1.82, 2.24) is 14.9 Å². The number of hydrogen-bond donors (Lipinski definition) is 1. The predicted molar refractivity (Wildman–Crippen MR) is 112 cm³/mol. The summed E-state index contributed by atoms with van der Waals surface area (Å²) in [4.78, 5) is 11.9. The highest BCUT2D eigenvalue weighted by Crippen LogP contribution is 2.42. The van der Waals surface area contributed by atoms with Crippen molar-refractivity contribution in [2.45, 2.75) is 25.4 Å². The van der Waals surface area contributed by atoms with E-state index in [0.717, 1.165) is 38.2 Å². The summed E-state index contributed by atoms with van der Waals surface area (Å²) in [6.45, 7) is 3.71. The molecule has 1 aliphatic heterocycles. The fourth-order valence-electron chi connectivity index (χ4n) is 4.65. The number of anilines is 1. The van der Waals surface area contributed by atoms with Gasteiger partial charge in [-0.15, -0.1) is 0 Å². The van der Waals surface area contributed by atoms with Crippen LogP contribution in [-0.2, 0) is 19.5 Å². The van der Waals surface area contributed by atoms with Crippen molar-refractivity contribution in [3.05, 3.63) is 88.7 Å². The van der Waals surface area contributed by atoms with Gasteiger partial charge in [-0.2, -0.15) is 5.26 Å². The summed E-state index contributed by atoms with van der Waals surface area (Å²) in [6, 6.07) is 20.5. The minimum absolute atomic E-state index is 0.476. The second-order valence-corrected chi connectivity index (χ2v) is 8.02. The molecule has 1 aromatic heterocycles. The topological polar surface area (TPSA) is 64.8 Å². The average molecular weight is 381 g/mol. The number of nitrogens with one attached hydrogen (secondary N) is 1. The lowest BCUT2D eigenvalue weighted by Gasteiger charge is -2.17.